The van der Waals surface area contributed by atoms with Crippen LogP contribution < -0.4 is 15.5 Å². The summed E-state index contributed by atoms with van der Waals surface area (Å²) >= 11 is 12.4. The molecule has 2 heterocycles. The molecule has 0 spiro atoms. The summed E-state index contributed by atoms with van der Waals surface area (Å²) in [6.45, 7) is 3.36. The molecule has 2 aliphatic heterocycles. The van der Waals surface area contributed by atoms with Crippen molar-refractivity contribution >= 4 is 34.8 Å². The molecule has 7 nitrogen and oxygen atoms in total. The van der Waals surface area contributed by atoms with Crippen LogP contribution in [0.3, 0.4) is 0 Å². The van der Waals surface area contributed by atoms with E-state index in [1.54, 1.807) is 35.2 Å². The van der Waals surface area contributed by atoms with E-state index in [-0.39, 0.29) is 12.2 Å². The van der Waals surface area contributed by atoms with Crippen LogP contribution in [0.1, 0.15) is 18.1 Å². The number of nitrogens with one attached hydrogen (secondary N) is 2. The zero-order valence-corrected chi connectivity index (χ0v) is 18.4. The van der Waals surface area contributed by atoms with Crippen LogP contribution in [0.5, 0.6) is 0 Å². The zero-order valence-electron chi connectivity index (χ0n) is 16.9. The van der Waals surface area contributed by atoms with Crippen molar-refractivity contribution in [2.24, 2.45) is 0 Å². The van der Waals surface area contributed by atoms with Crippen molar-refractivity contribution in [3.63, 3.8) is 0 Å². The third-order valence-electron chi connectivity index (χ3n) is 5.34. The van der Waals surface area contributed by atoms with Crippen LogP contribution in [-0.2, 0) is 20.7 Å². The van der Waals surface area contributed by atoms with Gasteiger partial charge in [-0.1, -0.05) is 35.3 Å². The van der Waals surface area contributed by atoms with Crippen molar-refractivity contribution in [3.05, 3.63) is 63.6 Å². The number of carbonyl (C=O) groups excluding carboxylic acids is 1. The molecule has 0 aliphatic carbocycles. The van der Waals surface area contributed by atoms with E-state index in [1.807, 2.05) is 19.1 Å². The van der Waals surface area contributed by atoms with Gasteiger partial charge in [0.15, 0.2) is 6.29 Å². The minimum Gasteiger partial charge on any atom is -0.349 e. The second-order valence-electron chi connectivity index (χ2n) is 7.75. The van der Waals surface area contributed by atoms with Gasteiger partial charge in [0, 0.05) is 22.3 Å². The van der Waals surface area contributed by atoms with Crippen LogP contribution in [0.4, 0.5) is 5.69 Å². The molecule has 2 aromatic rings. The van der Waals surface area contributed by atoms with Gasteiger partial charge in [-0.3, -0.25) is 20.3 Å². The van der Waals surface area contributed by atoms with Crippen LogP contribution in [-0.4, -0.2) is 43.8 Å². The molecule has 1 amide bonds. The summed E-state index contributed by atoms with van der Waals surface area (Å²) in [6, 6.07) is 14.4. The number of carbonyl (C=O) groups is 1. The Morgan fingerprint density at radius 3 is 2.45 bits per heavy atom. The van der Waals surface area contributed by atoms with Gasteiger partial charge in [0.05, 0.1) is 24.8 Å². The fourth-order valence-corrected chi connectivity index (χ4v) is 4.38. The molecule has 2 aromatic carbocycles. The predicted molar refractivity (Wildman–Crippen MR) is 118 cm³/mol. The van der Waals surface area contributed by atoms with Crippen LogP contribution in [0.25, 0.3) is 0 Å². The number of nitrogens with zero attached hydrogens (tertiary/aromatic N) is 2. The largest absolute Gasteiger partial charge is 0.349 e. The number of nitriles is 1. The molecule has 4 rings (SSSR count). The number of hydrogen-bond acceptors (Lipinski definition) is 6. The summed E-state index contributed by atoms with van der Waals surface area (Å²) < 4.78 is 11.0. The third-order valence-corrected chi connectivity index (χ3v) is 5.78. The molecule has 0 bridgehead atoms. The minimum absolute atomic E-state index is 0.124. The average molecular weight is 461 g/mol. The van der Waals surface area contributed by atoms with Gasteiger partial charge in [0.25, 0.3) is 0 Å². The highest BCUT2D eigenvalue weighted by Crippen LogP contribution is 2.32. The van der Waals surface area contributed by atoms with Gasteiger partial charge in [-0.15, -0.1) is 0 Å². The second kappa shape index (κ2) is 9.13. The fourth-order valence-electron chi connectivity index (χ4n) is 3.86. The van der Waals surface area contributed by atoms with E-state index in [9.17, 15) is 4.79 Å². The van der Waals surface area contributed by atoms with Gasteiger partial charge in [0.1, 0.15) is 11.8 Å². The molecule has 2 atom stereocenters. The Kier molecular flexibility index (Phi) is 6.49. The maximum Gasteiger partial charge on any atom is 0.249 e. The molecule has 0 aromatic heterocycles. The average Bonchev–Trinajstić information content (AvgIpc) is 3.33. The fraction of sp³-hybridized carbons (Fsp3) is 0.364. The first kappa shape index (κ1) is 22.0. The van der Waals surface area contributed by atoms with E-state index in [0.29, 0.717) is 47.5 Å². The molecule has 31 heavy (non-hydrogen) atoms. The number of benzene rings is 2. The Bertz CT molecular complexity index is 985. The minimum atomic E-state index is -0.891. The standard InChI is InChI=1S/C22H22Cl2N4O3/c1-22(11-14-2-4-15(12-25)5-3-14)20(29)28(18-9-16(23)8-17(24)10-18)21(27-22)26-13-19-30-6-7-31-19/h2-5,8-10,19,21,26-27H,6-7,11,13H2,1H3/t21?,22-/m1/s1. The molecule has 0 saturated carbocycles. The molecule has 1 unspecified atom stereocenters. The third kappa shape index (κ3) is 4.85. The Morgan fingerprint density at radius 2 is 1.84 bits per heavy atom. The van der Waals surface area contributed by atoms with E-state index in [2.05, 4.69) is 16.7 Å². The summed E-state index contributed by atoms with van der Waals surface area (Å²) in [7, 11) is 0. The molecule has 2 fully saturated rings. The second-order valence-corrected chi connectivity index (χ2v) is 8.62. The molecule has 9 heteroatoms. The number of hydrogen-bond donors (Lipinski definition) is 2. The number of halogens is 2. The first-order chi connectivity index (χ1) is 14.9. The first-order valence-corrected chi connectivity index (χ1v) is 10.7. The number of amides is 1. The lowest BCUT2D eigenvalue weighted by molar-refractivity contribution is -0.121. The summed E-state index contributed by atoms with van der Waals surface area (Å²) in [5.41, 5.74) is 1.21. The highest BCUT2D eigenvalue weighted by Gasteiger charge is 2.48. The number of anilines is 1. The van der Waals surface area contributed by atoms with Gasteiger partial charge < -0.3 is 9.47 Å². The van der Waals surface area contributed by atoms with Crippen molar-refractivity contribution in [1.29, 1.82) is 5.26 Å². The zero-order chi connectivity index (χ0) is 22.0. The maximum atomic E-state index is 13.6. The summed E-state index contributed by atoms with van der Waals surface area (Å²) in [6.07, 6.45) is -0.443. The Hall–Kier alpha value is -2.18. The highest BCUT2D eigenvalue weighted by atomic mass is 35.5. The topological polar surface area (TPSA) is 86.6 Å². The van der Waals surface area contributed by atoms with Crippen LogP contribution >= 0.6 is 23.2 Å². The normalized spacial score (nSPS) is 24.0. The van der Waals surface area contributed by atoms with Crippen molar-refractivity contribution < 1.29 is 14.3 Å². The maximum absolute atomic E-state index is 13.6. The Labute approximate surface area is 190 Å². The molecule has 2 N–H and O–H groups in total. The van der Waals surface area contributed by atoms with Gasteiger partial charge in [0.2, 0.25) is 5.91 Å². The van der Waals surface area contributed by atoms with Gasteiger partial charge in [-0.25, -0.2) is 0 Å². The highest BCUT2D eigenvalue weighted by molar-refractivity contribution is 6.35. The van der Waals surface area contributed by atoms with Gasteiger partial charge in [-0.2, -0.15) is 5.26 Å². The molecular formula is C22H22Cl2N4O3. The molecular weight excluding hydrogens is 439 g/mol. The van der Waals surface area contributed by atoms with Crippen molar-refractivity contribution in [1.82, 2.24) is 10.6 Å². The monoisotopic (exact) mass is 460 g/mol. The Balaban J connectivity index is 1.60. The lowest BCUT2D eigenvalue weighted by Gasteiger charge is -2.26. The first-order valence-electron chi connectivity index (χ1n) is 9.91. The molecule has 162 valence electrons. The quantitative estimate of drug-likeness (QED) is 0.688. The molecule has 2 saturated heterocycles. The van der Waals surface area contributed by atoms with Gasteiger partial charge >= 0.3 is 0 Å². The lowest BCUT2D eigenvalue weighted by Crippen LogP contribution is -2.53. The predicted octanol–water partition coefficient (Wildman–Crippen LogP) is 3.05. The van der Waals surface area contributed by atoms with E-state index in [1.165, 1.54) is 0 Å². The molecule has 2 aliphatic rings. The molecule has 0 radical (unpaired) electrons. The summed E-state index contributed by atoms with van der Waals surface area (Å²) in [5.74, 6) is -0.124. The van der Waals surface area contributed by atoms with Crippen LogP contribution in [0, 0.1) is 11.3 Å². The van der Waals surface area contributed by atoms with Crippen molar-refractivity contribution in [3.8, 4) is 6.07 Å². The summed E-state index contributed by atoms with van der Waals surface area (Å²) in [5, 5.41) is 16.6. The van der Waals surface area contributed by atoms with Gasteiger partial charge in [-0.05, 0) is 49.2 Å². The lowest BCUT2D eigenvalue weighted by atomic mass is 9.92. The van der Waals surface area contributed by atoms with Crippen molar-refractivity contribution in [2.75, 3.05) is 24.7 Å². The van der Waals surface area contributed by atoms with Crippen LogP contribution in [0.2, 0.25) is 10.0 Å². The van der Waals surface area contributed by atoms with E-state index >= 15 is 0 Å². The van der Waals surface area contributed by atoms with Crippen LogP contribution in [0.15, 0.2) is 42.5 Å². The van der Waals surface area contributed by atoms with E-state index in [4.69, 9.17) is 37.9 Å². The van der Waals surface area contributed by atoms with E-state index in [0.717, 1.165) is 5.56 Å². The van der Waals surface area contributed by atoms with Crippen molar-refractivity contribution in [2.45, 2.75) is 31.5 Å². The smallest absolute Gasteiger partial charge is 0.249 e. The number of ether oxygens (including phenoxy) is 2. The SMILES string of the molecule is C[C@]1(Cc2ccc(C#N)cc2)NC(NCC2OCCO2)N(c2cc(Cl)cc(Cl)c2)C1=O. The summed E-state index contributed by atoms with van der Waals surface area (Å²) in [4.78, 5) is 15.2. The van der Waals surface area contributed by atoms with E-state index < -0.39 is 11.8 Å². The Morgan fingerprint density at radius 1 is 1.19 bits per heavy atom. The number of rotatable bonds is 6.